The topological polar surface area (TPSA) is 18.5 Å². The van der Waals surface area contributed by atoms with E-state index in [1.807, 2.05) is 0 Å². The molecule has 0 amide bonds. The Balaban J connectivity index is 2.05. The van der Waals surface area contributed by atoms with Crippen LogP contribution in [0.25, 0.3) is 0 Å². The predicted octanol–water partition coefficient (Wildman–Crippen LogP) is 4.08. The first kappa shape index (κ1) is 14.5. The van der Waals surface area contributed by atoms with Crippen molar-refractivity contribution in [2.45, 2.75) is 51.7 Å². The molecule has 0 bridgehead atoms. The predicted molar refractivity (Wildman–Crippen MR) is 76.0 cm³/mol. The molecule has 1 aliphatic heterocycles. The zero-order valence-electron chi connectivity index (χ0n) is 10.2. The molecule has 0 aromatic heterocycles. The minimum atomic E-state index is 0.0476. The highest BCUT2D eigenvalue weighted by molar-refractivity contribution is 14.1. The molecule has 1 aliphatic rings. The SMILES string of the molecule is C/C(=C\CCCCI)COC1CCCCO1. The molecule has 1 unspecified atom stereocenters. The highest BCUT2D eigenvalue weighted by Crippen LogP contribution is 2.14. The Morgan fingerprint density at radius 1 is 1.44 bits per heavy atom. The van der Waals surface area contributed by atoms with Crippen LogP contribution in [0.1, 0.15) is 45.4 Å². The molecule has 3 heteroatoms. The van der Waals surface area contributed by atoms with Crippen molar-refractivity contribution in [2.24, 2.45) is 0 Å². The summed E-state index contributed by atoms with van der Waals surface area (Å²) in [6, 6.07) is 0. The summed E-state index contributed by atoms with van der Waals surface area (Å²) >= 11 is 2.43. The van der Waals surface area contributed by atoms with Crippen LogP contribution in [0.5, 0.6) is 0 Å². The van der Waals surface area contributed by atoms with E-state index in [4.69, 9.17) is 9.47 Å². The molecule has 0 aromatic carbocycles. The van der Waals surface area contributed by atoms with Gasteiger partial charge in [0.15, 0.2) is 6.29 Å². The fourth-order valence-corrected chi connectivity index (χ4v) is 2.25. The molecule has 1 rings (SSSR count). The summed E-state index contributed by atoms with van der Waals surface area (Å²) < 4.78 is 12.5. The number of halogens is 1. The molecule has 94 valence electrons. The van der Waals surface area contributed by atoms with E-state index >= 15 is 0 Å². The van der Waals surface area contributed by atoms with Crippen molar-refractivity contribution in [3.63, 3.8) is 0 Å². The number of unbranched alkanes of at least 4 members (excludes halogenated alkanes) is 2. The maximum atomic E-state index is 5.71. The molecule has 0 spiro atoms. The third-order valence-corrected chi connectivity index (χ3v) is 3.48. The van der Waals surface area contributed by atoms with E-state index in [2.05, 4.69) is 35.6 Å². The van der Waals surface area contributed by atoms with Gasteiger partial charge in [0.25, 0.3) is 0 Å². The average Bonchev–Trinajstić information content (AvgIpc) is 2.33. The van der Waals surface area contributed by atoms with Crippen molar-refractivity contribution >= 4 is 22.6 Å². The van der Waals surface area contributed by atoms with E-state index in [-0.39, 0.29) is 6.29 Å². The number of hydrogen-bond donors (Lipinski definition) is 0. The lowest BCUT2D eigenvalue weighted by Crippen LogP contribution is -2.22. The summed E-state index contributed by atoms with van der Waals surface area (Å²) in [6.07, 6.45) is 9.62. The molecule has 2 nitrogen and oxygen atoms in total. The van der Waals surface area contributed by atoms with Crippen molar-refractivity contribution in [3.05, 3.63) is 11.6 Å². The van der Waals surface area contributed by atoms with Gasteiger partial charge >= 0.3 is 0 Å². The molecule has 1 fully saturated rings. The Morgan fingerprint density at radius 2 is 2.31 bits per heavy atom. The molecule has 1 atom stereocenters. The summed E-state index contributed by atoms with van der Waals surface area (Å²) in [5.41, 5.74) is 1.34. The maximum Gasteiger partial charge on any atom is 0.158 e. The van der Waals surface area contributed by atoms with Crippen molar-refractivity contribution in [3.8, 4) is 0 Å². The van der Waals surface area contributed by atoms with E-state index in [9.17, 15) is 0 Å². The van der Waals surface area contributed by atoms with Crippen molar-refractivity contribution in [1.29, 1.82) is 0 Å². The van der Waals surface area contributed by atoms with Gasteiger partial charge in [0.2, 0.25) is 0 Å². The molecule has 0 N–H and O–H groups in total. The number of allylic oxidation sites excluding steroid dienone is 1. The Bertz CT molecular complexity index is 198. The third kappa shape index (κ3) is 6.86. The largest absolute Gasteiger partial charge is 0.353 e. The Labute approximate surface area is 113 Å². The number of hydrogen-bond acceptors (Lipinski definition) is 2. The highest BCUT2D eigenvalue weighted by atomic mass is 127. The molecular formula is C13H23IO2. The fraction of sp³-hybridized carbons (Fsp3) is 0.846. The van der Waals surface area contributed by atoms with Gasteiger partial charge in [0.05, 0.1) is 6.61 Å². The van der Waals surface area contributed by atoms with E-state index in [0.717, 1.165) is 19.6 Å². The highest BCUT2D eigenvalue weighted by Gasteiger charge is 2.13. The van der Waals surface area contributed by atoms with Gasteiger partial charge in [-0.2, -0.15) is 0 Å². The van der Waals surface area contributed by atoms with Gasteiger partial charge in [0, 0.05) is 6.61 Å². The zero-order chi connectivity index (χ0) is 11.6. The van der Waals surface area contributed by atoms with Gasteiger partial charge in [-0.3, -0.25) is 0 Å². The van der Waals surface area contributed by atoms with Crippen LogP contribution in [0.4, 0.5) is 0 Å². The third-order valence-electron chi connectivity index (χ3n) is 2.72. The van der Waals surface area contributed by atoms with E-state index in [1.165, 1.54) is 42.1 Å². The lowest BCUT2D eigenvalue weighted by molar-refractivity contribution is -0.156. The Kier molecular flexibility index (Phi) is 8.51. The molecule has 0 saturated carbocycles. The Morgan fingerprint density at radius 3 is 3.00 bits per heavy atom. The fourth-order valence-electron chi connectivity index (χ4n) is 1.71. The van der Waals surface area contributed by atoms with Crippen molar-refractivity contribution in [2.75, 3.05) is 17.6 Å². The molecule has 0 radical (unpaired) electrons. The van der Waals surface area contributed by atoms with E-state index in [1.54, 1.807) is 0 Å². The van der Waals surface area contributed by atoms with Crippen LogP contribution in [-0.2, 0) is 9.47 Å². The first-order chi connectivity index (χ1) is 7.83. The molecule has 0 aliphatic carbocycles. The van der Waals surface area contributed by atoms with Gasteiger partial charge in [-0.25, -0.2) is 0 Å². The zero-order valence-corrected chi connectivity index (χ0v) is 12.4. The van der Waals surface area contributed by atoms with Gasteiger partial charge in [-0.05, 0) is 49.9 Å². The minimum absolute atomic E-state index is 0.0476. The molecule has 1 heterocycles. The minimum Gasteiger partial charge on any atom is -0.353 e. The smallest absolute Gasteiger partial charge is 0.158 e. The lowest BCUT2D eigenvalue weighted by atomic mass is 10.2. The lowest BCUT2D eigenvalue weighted by Gasteiger charge is -2.22. The molecule has 0 aromatic rings. The second-order valence-corrected chi connectivity index (χ2v) is 5.42. The van der Waals surface area contributed by atoms with Crippen LogP contribution in [-0.4, -0.2) is 23.9 Å². The summed E-state index contributed by atoms with van der Waals surface area (Å²) in [7, 11) is 0. The van der Waals surface area contributed by atoms with Crippen molar-refractivity contribution < 1.29 is 9.47 Å². The van der Waals surface area contributed by atoms with Gasteiger partial charge in [-0.15, -0.1) is 0 Å². The second kappa shape index (κ2) is 9.42. The molecule has 16 heavy (non-hydrogen) atoms. The molecular weight excluding hydrogens is 315 g/mol. The van der Waals surface area contributed by atoms with Crippen LogP contribution in [0, 0.1) is 0 Å². The molecule has 1 saturated heterocycles. The second-order valence-electron chi connectivity index (χ2n) is 4.34. The first-order valence-electron chi connectivity index (χ1n) is 6.27. The normalized spacial score (nSPS) is 22.4. The number of rotatable bonds is 7. The first-order valence-corrected chi connectivity index (χ1v) is 7.80. The van der Waals surface area contributed by atoms with E-state index in [0.29, 0.717) is 0 Å². The Hall–Kier alpha value is 0.390. The van der Waals surface area contributed by atoms with E-state index < -0.39 is 0 Å². The van der Waals surface area contributed by atoms with Crippen LogP contribution in [0.3, 0.4) is 0 Å². The van der Waals surface area contributed by atoms with Gasteiger partial charge < -0.3 is 9.47 Å². The van der Waals surface area contributed by atoms with Crippen molar-refractivity contribution in [1.82, 2.24) is 0 Å². The van der Waals surface area contributed by atoms with Crippen LogP contribution in [0.15, 0.2) is 11.6 Å². The van der Waals surface area contributed by atoms with Gasteiger partial charge in [-0.1, -0.05) is 34.2 Å². The quantitative estimate of drug-likeness (QED) is 0.301. The number of alkyl halides is 1. The van der Waals surface area contributed by atoms with Crippen LogP contribution < -0.4 is 0 Å². The summed E-state index contributed by atoms with van der Waals surface area (Å²) in [5.74, 6) is 0. The number of ether oxygens (including phenoxy) is 2. The van der Waals surface area contributed by atoms with Crippen LogP contribution in [0.2, 0.25) is 0 Å². The summed E-state index contributed by atoms with van der Waals surface area (Å²) in [5, 5.41) is 0. The average molecular weight is 338 g/mol. The summed E-state index contributed by atoms with van der Waals surface area (Å²) in [4.78, 5) is 0. The maximum absolute atomic E-state index is 5.71. The van der Waals surface area contributed by atoms with Gasteiger partial charge in [0.1, 0.15) is 0 Å². The monoisotopic (exact) mass is 338 g/mol. The van der Waals surface area contributed by atoms with Crippen LogP contribution >= 0.6 is 22.6 Å². The summed E-state index contributed by atoms with van der Waals surface area (Å²) in [6.45, 7) is 3.74. The standard InChI is InChI=1S/C13H23IO2/c1-12(7-3-2-5-9-14)11-16-13-8-4-6-10-15-13/h7,13H,2-6,8-11H2,1H3/b12-7+.